The number of rotatable bonds is 3. The van der Waals surface area contributed by atoms with E-state index in [-0.39, 0.29) is 11.9 Å². The zero-order chi connectivity index (χ0) is 15.6. The summed E-state index contributed by atoms with van der Waals surface area (Å²) in [6.07, 6.45) is 2.07. The molecule has 0 radical (unpaired) electrons. The van der Waals surface area contributed by atoms with Crippen LogP contribution in [0.25, 0.3) is 0 Å². The van der Waals surface area contributed by atoms with Crippen molar-refractivity contribution in [2.75, 3.05) is 46.8 Å². The predicted molar refractivity (Wildman–Crippen MR) is 80.1 cm³/mol. The molecule has 2 saturated heterocycles. The second-order valence-electron chi connectivity index (χ2n) is 6.80. The third-order valence-electron chi connectivity index (χ3n) is 4.71. The van der Waals surface area contributed by atoms with Gasteiger partial charge in [-0.3, -0.25) is 4.79 Å². The number of carbonyl (C=O) groups is 2. The number of likely N-dealkylation sites (tertiary alicyclic amines) is 2. The molecule has 2 rings (SSSR count). The van der Waals surface area contributed by atoms with E-state index in [4.69, 9.17) is 5.11 Å². The van der Waals surface area contributed by atoms with Crippen LogP contribution in [0.1, 0.15) is 19.8 Å². The van der Waals surface area contributed by atoms with Crippen molar-refractivity contribution in [2.45, 2.75) is 19.8 Å². The maximum atomic E-state index is 12.5. The standard InChI is InChI=1S/C15H27N3O3/c1-11-8-18(10-13(11)14(19)20)15(21)17-6-4-12(5-7-17)9-16(2)3/h11-13H,4-10H2,1-3H3,(H,19,20). The number of hydrogen-bond donors (Lipinski definition) is 1. The van der Waals surface area contributed by atoms with Gasteiger partial charge in [0.1, 0.15) is 0 Å². The Morgan fingerprint density at radius 2 is 1.76 bits per heavy atom. The highest BCUT2D eigenvalue weighted by Gasteiger charge is 2.38. The van der Waals surface area contributed by atoms with Crippen molar-refractivity contribution < 1.29 is 14.7 Å². The van der Waals surface area contributed by atoms with Crippen LogP contribution in [0.2, 0.25) is 0 Å². The van der Waals surface area contributed by atoms with E-state index in [9.17, 15) is 9.59 Å². The van der Waals surface area contributed by atoms with Crippen LogP contribution in [-0.2, 0) is 4.79 Å². The number of carboxylic acid groups (broad SMARTS) is 1. The van der Waals surface area contributed by atoms with E-state index in [1.54, 1.807) is 4.90 Å². The van der Waals surface area contributed by atoms with Crippen LogP contribution in [0, 0.1) is 17.8 Å². The van der Waals surface area contributed by atoms with Gasteiger partial charge in [0, 0.05) is 32.7 Å². The van der Waals surface area contributed by atoms with E-state index in [1.807, 2.05) is 11.8 Å². The molecule has 0 aromatic carbocycles. The first-order chi connectivity index (χ1) is 9.88. The third kappa shape index (κ3) is 3.87. The van der Waals surface area contributed by atoms with Crippen molar-refractivity contribution in [3.63, 3.8) is 0 Å². The van der Waals surface area contributed by atoms with Gasteiger partial charge < -0.3 is 19.8 Å². The van der Waals surface area contributed by atoms with E-state index >= 15 is 0 Å². The maximum Gasteiger partial charge on any atom is 0.320 e. The van der Waals surface area contributed by atoms with Gasteiger partial charge in [-0.15, -0.1) is 0 Å². The molecule has 6 nitrogen and oxygen atoms in total. The highest BCUT2D eigenvalue weighted by molar-refractivity contribution is 5.77. The number of carboxylic acids is 1. The van der Waals surface area contributed by atoms with Gasteiger partial charge in [0.05, 0.1) is 5.92 Å². The molecule has 1 N–H and O–H groups in total. The molecule has 0 saturated carbocycles. The van der Waals surface area contributed by atoms with Crippen LogP contribution >= 0.6 is 0 Å². The van der Waals surface area contributed by atoms with Gasteiger partial charge in [0.25, 0.3) is 0 Å². The fourth-order valence-corrected chi connectivity index (χ4v) is 3.47. The fourth-order valence-electron chi connectivity index (χ4n) is 3.47. The van der Waals surface area contributed by atoms with Crippen LogP contribution in [0.15, 0.2) is 0 Å². The molecule has 2 unspecified atom stereocenters. The van der Waals surface area contributed by atoms with Crippen LogP contribution < -0.4 is 0 Å². The summed E-state index contributed by atoms with van der Waals surface area (Å²) in [6, 6.07) is 0.0221. The number of amides is 2. The van der Waals surface area contributed by atoms with Gasteiger partial charge in [-0.1, -0.05) is 6.92 Å². The molecule has 21 heavy (non-hydrogen) atoms. The Hall–Kier alpha value is -1.30. The minimum absolute atomic E-state index is 0.0221. The lowest BCUT2D eigenvalue weighted by molar-refractivity contribution is -0.142. The van der Waals surface area contributed by atoms with Gasteiger partial charge in [0.15, 0.2) is 0 Å². The van der Waals surface area contributed by atoms with Crippen LogP contribution in [0.3, 0.4) is 0 Å². The third-order valence-corrected chi connectivity index (χ3v) is 4.71. The molecule has 2 aliphatic rings. The van der Waals surface area contributed by atoms with E-state index in [0.29, 0.717) is 19.0 Å². The van der Waals surface area contributed by atoms with E-state index in [0.717, 1.165) is 32.5 Å². The zero-order valence-corrected chi connectivity index (χ0v) is 13.3. The van der Waals surface area contributed by atoms with Crippen molar-refractivity contribution in [2.24, 2.45) is 17.8 Å². The molecule has 0 bridgehead atoms. The molecule has 6 heteroatoms. The summed E-state index contributed by atoms with van der Waals surface area (Å²) in [5.74, 6) is -0.506. The Morgan fingerprint density at radius 3 is 2.24 bits per heavy atom. The van der Waals surface area contributed by atoms with Crippen molar-refractivity contribution in [3.05, 3.63) is 0 Å². The molecule has 2 fully saturated rings. The highest BCUT2D eigenvalue weighted by atomic mass is 16.4. The smallest absolute Gasteiger partial charge is 0.320 e. The lowest BCUT2D eigenvalue weighted by Crippen LogP contribution is -2.47. The molecule has 0 aromatic rings. The quantitative estimate of drug-likeness (QED) is 0.845. The SMILES string of the molecule is CC1CN(C(=O)N2CCC(CN(C)C)CC2)CC1C(=O)O. The van der Waals surface area contributed by atoms with Gasteiger partial charge in [-0.2, -0.15) is 0 Å². The van der Waals surface area contributed by atoms with Crippen LogP contribution in [0.5, 0.6) is 0 Å². The lowest BCUT2D eigenvalue weighted by Gasteiger charge is -2.35. The molecular weight excluding hydrogens is 270 g/mol. The summed E-state index contributed by atoms with van der Waals surface area (Å²) in [6.45, 7) is 5.49. The van der Waals surface area contributed by atoms with Crippen molar-refractivity contribution in [3.8, 4) is 0 Å². The zero-order valence-electron chi connectivity index (χ0n) is 13.3. The van der Waals surface area contributed by atoms with E-state index in [1.165, 1.54) is 0 Å². The summed E-state index contributed by atoms with van der Waals surface area (Å²) < 4.78 is 0. The summed E-state index contributed by atoms with van der Waals surface area (Å²) in [5.41, 5.74) is 0. The number of nitrogens with zero attached hydrogens (tertiary/aromatic N) is 3. The Morgan fingerprint density at radius 1 is 1.14 bits per heavy atom. The van der Waals surface area contributed by atoms with Gasteiger partial charge in [-0.05, 0) is 38.8 Å². The molecule has 0 spiro atoms. The maximum absolute atomic E-state index is 12.5. The molecule has 2 amide bonds. The molecule has 2 heterocycles. The molecule has 2 atom stereocenters. The summed E-state index contributed by atoms with van der Waals surface area (Å²) >= 11 is 0. The average molecular weight is 297 g/mol. The number of hydrogen-bond acceptors (Lipinski definition) is 3. The first-order valence-corrected chi connectivity index (χ1v) is 7.80. The molecule has 0 aromatic heterocycles. The summed E-state index contributed by atoms with van der Waals surface area (Å²) in [4.78, 5) is 29.4. The predicted octanol–water partition coefficient (Wildman–Crippen LogP) is 1.03. The lowest BCUT2D eigenvalue weighted by atomic mass is 9.96. The number of urea groups is 1. The number of piperidine rings is 1. The van der Waals surface area contributed by atoms with E-state index < -0.39 is 11.9 Å². The van der Waals surface area contributed by atoms with E-state index in [2.05, 4.69) is 19.0 Å². The second kappa shape index (κ2) is 6.64. The van der Waals surface area contributed by atoms with Gasteiger partial charge >= 0.3 is 12.0 Å². The Labute approximate surface area is 126 Å². The molecule has 2 aliphatic heterocycles. The van der Waals surface area contributed by atoms with Crippen LogP contribution in [-0.4, -0.2) is 78.6 Å². The number of carbonyl (C=O) groups excluding carboxylic acids is 1. The molecule has 0 aliphatic carbocycles. The minimum atomic E-state index is -0.789. The van der Waals surface area contributed by atoms with Crippen molar-refractivity contribution in [1.82, 2.24) is 14.7 Å². The topological polar surface area (TPSA) is 64.1 Å². The Balaban J connectivity index is 1.84. The minimum Gasteiger partial charge on any atom is -0.481 e. The first kappa shape index (κ1) is 16.1. The Bertz CT molecular complexity index is 392. The second-order valence-corrected chi connectivity index (χ2v) is 6.80. The summed E-state index contributed by atoms with van der Waals surface area (Å²) in [7, 11) is 4.16. The van der Waals surface area contributed by atoms with Crippen molar-refractivity contribution >= 4 is 12.0 Å². The Kier molecular flexibility index (Phi) is 5.08. The van der Waals surface area contributed by atoms with Gasteiger partial charge in [-0.25, -0.2) is 4.79 Å². The van der Waals surface area contributed by atoms with Crippen LogP contribution in [0.4, 0.5) is 4.79 Å². The summed E-state index contributed by atoms with van der Waals surface area (Å²) in [5, 5.41) is 9.16. The monoisotopic (exact) mass is 297 g/mol. The number of aliphatic carboxylic acids is 1. The normalized spacial score (nSPS) is 27.4. The fraction of sp³-hybridized carbons (Fsp3) is 0.867. The molecule has 120 valence electrons. The highest BCUT2D eigenvalue weighted by Crippen LogP contribution is 2.26. The average Bonchev–Trinajstić information content (AvgIpc) is 2.80. The first-order valence-electron chi connectivity index (χ1n) is 7.80. The van der Waals surface area contributed by atoms with Gasteiger partial charge in [0.2, 0.25) is 0 Å². The molecular formula is C15H27N3O3. The largest absolute Gasteiger partial charge is 0.481 e. The van der Waals surface area contributed by atoms with Crippen molar-refractivity contribution in [1.29, 1.82) is 0 Å².